The van der Waals surface area contributed by atoms with E-state index in [9.17, 15) is 0 Å². The molecule has 2 aliphatic rings. The van der Waals surface area contributed by atoms with Gasteiger partial charge in [0.05, 0.1) is 0 Å². The second kappa shape index (κ2) is 4.43. The average Bonchev–Trinajstić information content (AvgIpc) is 2.86. The second-order valence-electron chi connectivity index (χ2n) is 4.83. The zero-order chi connectivity index (χ0) is 9.10. The smallest absolute Gasteiger partial charge is 0.000779 e. The van der Waals surface area contributed by atoms with Crippen molar-refractivity contribution in [2.45, 2.75) is 26.2 Å². The van der Waals surface area contributed by atoms with E-state index in [1.807, 2.05) is 0 Å². The molecule has 0 radical (unpaired) electrons. The maximum atomic E-state index is 3.61. The topological polar surface area (TPSA) is 24.1 Å². The molecule has 0 aromatic carbocycles. The summed E-state index contributed by atoms with van der Waals surface area (Å²) in [5.74, 6) is 2.86. The first-order chi connectivity index (χ1) is 6.36. The maximum Gasteiger partial charge on any atom is -0.000779 e. The molecule has 1 aliphatic heterocycles. The number of hydrogen-bond acceptors (Lipinski definition) is 2. The lowest BCUT2D eigenvalue weighted by Crippen LogP contribution is -2.28. The second-order valence-corrected chi connectivity index (χ2v) is 4.83. The highest BCUT2D eigenvalue weighted by Crippen LogP contribution is 2.36. The quantitative estimate of drug-likeness (QED) is 0.668. The zero-order valence-corrected chi connectivity index (χ0v) is 8.68. The summed E-state index contributed by atoms with van der Waals surface area (Å²) in [7, 11) is 0. The molecule has 0 aromatic heterocycles. The van der Waals surface area contributed by atoms with Crippen molar-refractivity contribution in [1.82, 2.24) is 10.6 Å². The van der Waals surface area contributed by atoms with Crippen molar-refractivity contribution in [2.24, 2.45) is 17.8 Å². The van der Waals surface area contributed by atoms with Gasteiger partial charge in [0.25, 0.3) is 0 Å². The molecule has 0 spiro atoms. The van der Waals surface area contributed by atoms with Crippen molar-refractivity contribution in [3.63, 3.8) is 0 Å². The van der Waals surface area contributed by atoms with Crippen LogP contribution in [0, 0.1) is 17.8 Å². The van der Waals surface area contributed by atoms with Crippen LogP contribution in [-0.4, -0.2) is 26.2 Å². The van der Waals surface area contributed by atoms with E-state index in [0.717, 1.165) is 17.8 Å². The van der Waals surface area contributed by atoms with Gasteiger partial charge in [-0.15, -0.1) is 0 Å². The van der Waals surface area contributed by atoms with Crippen LogP contribution < -0.4 is 10.6 Å². The largest absolute Gasteiger partial charge is 0.316 e. The van der Waals surface area contributed by atoms with Crippen LogP contribution in [0.4, 0.5) is 0 Å². The first-order valence-corrected chi connectivity index (χ1v) is 5.77. The Balaban J connectivity index is 1.52. The summed E-state index contributed by atoms with van der Waals surface area (Å²) in [5.41, 5.74) is 0. The van der Waals surface area contributed by atoms with Crippen molar-refractivity contribution in [2.75, 3.05) is 26.2 Å². The molecule has 13 heavy (non-hydrogen) atoms. The van der Waals surface area contributed by atoms with Gasteiger partial charge in [-0.25, -0.2) is 0 Å². The van der Waals surface area contributed by atoms with Gasteiger partial charge in [-0.3, -0.25) is 0 Å². The van der Waals surface area contributed by atoms with Gasteiger partial charge >= 0.3 is 0 Å². The van der Waals surface area contributed by atoms with Gasteiger partial charge in [-0.1, -0.05) is 6.92 Å². The lowest BCUT2D eigenvalue weighted by molar-refractivity contribution is 0.428. The predicted molar refractivity (Wildman–Crippen MR) is 55.7 cm³/mol. The van der Waals surface area contributed by atoms with E-state index >= 15 is 0 Å². The molecule has 1 saturated heterocycles. The summed E-state index contributed by atoms with van der Waals surface area (Å²) < 4.78 is 0. The van der Waals surface area contributed by atoms with Gasteiger partial charge in [0, 0.05) is 0 Å². The Hall–Kier alpha value is -0.0800. The van der Waals surface area contributed by atoms with Crippen molar-refractivity contribution in [3.8, 4) is 0 Å². The van der Waals surface area contributed by atoms with Gasteiger partial charge < -0.3 is 10.6 Å². The van der Waals surface area contributed by atoms with Gasteiger partial charge in [-0.2, -0.15) is 0 Å². The van der Waals surface area contributed by atoms with Crippen LogP contribution in [0.25, 0.3) is 0 Å². The maximum absolute atomic E-state index is 3.61. The standard InChI is InChI=1S/C11H22N2/c1-9(11-2-3-11)6-13-8-10-4-5-12-7-10/h9-13H,2-8H2,1H3. The fourth-order valence-corrected chi connectivity index (χ4v) is 2.24. The van der Waals surface area contributed by atoms with E-state index in [0.29, 0.717) is 0 Å². The molecule has 1 aliphatic carbocycles. The highest BCUT2D eigenvalue weighted by atomic mass is 14.9. The van der Waals surface area contributed by atoms with Crippen LogP contribution in [0.3, 0.4) is 0 Å². The Morgan fingerprint density at radius 3 is 2.85 bits per heavy atom. The molecule has 2 atom stereocenters. The summed E-state index contributed by atoms with van der Waals surface area (Å²) in [4.78, 5) is 0. The van der Waals surface area contributed by atoms with Crippen molar-refractivity contribution < 1.29 is 0 Å². The normalized spacial score (nSPS) is 30.7. The van der Waals surface area contributed by atoms with Crippen molar-refractivity contribution in [1.29, 1.82) is 0 Å². The molecule has 76 valence electrons. The Morgan fingerprint density at radius 1 is 1.38 bits per heavy atom. The first-order valence-electron chi connectivity index (χ1n) is 5.77. The first kappa shape index (κ1) is 9.47. The zero-order valence-electron chi connectivity index (χ0n) is 8.68. The average molecular weight is 182 g/mol. The van der Waals surface area contributed by atoms with Gasteiger partial charge in [0.15, 0.2) is 0 Å². The van der Waals surface area contributed by atoms with E-state index in [4.69, 9.17) is 0 Å². The highest BCUT2D eigenvalue weighted by molar-refractivity contribution is 4.80. The lowest BCUT2D eigenvalue weighted by atomic mass is 10.1. The molecule has 2 unspecified atom stereocenters. The van der Waals surface area contributed by atoms with Crippen LogP contribution >= 0.6 is 0 Å². The molecule has 2 rings (SSSR count). The monoisotopic (exact) mass is 182 g/mol. The van der Waals surface area contributed by atoms with E-state index in [-0.39, 0.29) is 0 Å². The molecule has 1 heterocycles. The molecule has 2 heteroatoms. The number of nitrogens with one attached hydrogen (secondary N) is 2. The van der Waals surface area contributed by atoms with Crippen LogP contribution in [0.2, 0.25) is 0 Å². The molecular weight excluding hydrogens is 160 g/mol. The molecule has 0 aromatic rings. The molecule has 0 bridgehead atoms. The summed E-state index contributed by atoms with van der Waals surface area (Å²) in [5, 5.41) is 7.01. The molecule has 2 fully saturated rings. The molecule has 1 saturated carbocycles. The number of hydrogen-bond donors (Lipinski definition) is 2. The van der Waals surface area contributed by atoms with Gasteiger partial charge in [0.2, 0.25) is 0 Å². The third-order valence-electron chi connectivity index (χ3n) is 3.49. The fourth-order valence-electron chi connectivity index (χ4n) is 2.24. The Morgan fingerprint density at radius 2 is 2.23 bits per heavy atom. The van der Waals surface area contributed by atoms with E-state index in [2.05, 4.69) is 17.6 Å². The van der Waals surface area contributed by atoms with Crippen molar-refractivity contribution >= 4 is 0 Å². The third kappa shape index (κ3) is 2.96. The van der Waals surface area contributed by atoms with Crippen molar-refractivity contribution in [3.05, 3.63) is 0 Å². The lowest BCUT2D eigenvalue weighted by Gasteiger charge is -2.14. The summed E-state index contributed by atoms with van der Waals surface area (Å²) >= 11 is 0. The Bertz CT molecular complexity index is 146. The molecular formula is C11H22N2. The van der Waals surface area contributed by atoms with Crippen LogP contribution in [-0.2, 0) is 0 Å². The predicted octanol–water partition coefficient (Wildman–Crippen LogP) is 1.23. The summed E-state index contributed by atoms with van der Waals surface area (Å²) in [6.45, 7) is 7.30. The van der Waals surface area contributed by atoms with Gasteiger partial charge in [0.1, 0.15) is 0 Å². The van der Waals surface area contributed by atoms with Crippen LogP contribution in [0.5, 0.6) is 0 Å². The summed E-state index contributed by atoms with van der Waals surface area (Å²) in [6.07, 6.45) is 4.33. The SMILES string of the molecule is CC(CNCC1CCNC1)C1CC1. The summed E-state index contributed by atoms with van der Waals surface area (Å²) in [6, 6.07) is 0. The minimum absolute atomic E-state index is 0.895. The van der Waals surface area contributed by atoms with E-state index < -0.39 is 0 Å². The van der Waals surface area contributed by atoms with Crippen LogP contribution in [0.15, 0.2) is 0 Å². The fraction of sp³-hybridized carbons (Fsp3) is 1.00. The van der Waals surface area contributed by atoms with E-state index in [1.165, 1.54) is 45.4 Å². The van der Waals surface area contributed by atoms with E-state index in [1.54, 1.807) is 0 Å². The Kier molecular flexibility index (Phi) is 3.23. The Labute approximate surface area is 81.5 Å². The molecule has 2 nitrogen and oxygen atoms in total. The minimum Gasteiger partial charge on any atom is -0.316 e. The molecule has 2 N–H and O–H groups in total. The number of rotatable bonds is 5. The molecule has 0 amide bonds. The third-order valence-corrected chi connectivity index (χ3v) is 3.49. The van der Waals surface area contributed by atoms with Crippen LogP contribution in [0.1, 0.15) is 26.2 Å². The van der Waals surface area contributed by atoms with Gasteiger partial charge in [-0.05, 0) is 63.2 Å². The highest BCUT2D eigenvalue weighted by Gasteiger charge is 2.27. The minimum atomic E-state index is 0.895.